The van der Waals surface area contributed by atoms with Gasteiger partial charge < -0.3 is 9.47 Å². The van der Waals surface area contributed by atoms with Crippen LogP contribution in [0.3, 0.4) is 0 Å². The second-order valence-corrected chi connectivity index (χ2v) is 8.80. The molecule has 0 amide bonds. The highest BCUT2D eigenvalue weighted by molar-refractivity contribution is 6.30. The van der Waals surface area contributed by atoms with Gasteiger partial charge in [0.25, 0.3) is 0 Å². The topological polar surface area (TPSA) is 36.3 Å². The molecule has 29 heavy (non-hydrogen) atoms. The lowest BCUT2D eigenvalue weighted by Gasteiger charge is -2.51. The van der Waals surface area contributed by atoms with E-state index in [-0.39, 0.29) is 17.6 Å². The van der Waals surface area contributed by atoms with Gasteiger partial charge in [-0.1, -0.05) is 36.2 Å². The summed E-state index contributed by atoms with van der Waals surface area (Å²) in [5.41, 5.74) is 4.46. The number of fused-ring (bicyclic) bond motifs is 3. The molecule has 4 nitrogen and oxygen atoms in total. The molecular formula is C24H25ClN2O2. The minimum absolute atomic E-state index is 0.165. The van der Waals surface area contributed by atoms with Crippen LogP contribution >= 0.6 is 11.6 Å². The number of hydrogen-bond acceptors (Lipinski definition) is 3. The van der Waals surface area contributed by atoms with Crippen molar-refractivity contribution in [2.24, 2.45) is 5.41 Å². The molecule has 5 heteroatoms. The zero-order valence-electron chi connectivity index (χ0n) is 16.6. The molecule has 1 aromatic carbocycles. The number of aromatic nitrogens is 2. The predicted molar refractivity (Wildman–Crippen MR) is 115 cm³/mol. The number of rotatable bonds is 3. The first kappa shape index (κ1) is 18.9. The predicted octanol–water partition coefficient (Wildman–Crippen LogP) is 5.51. The van der Waals surface area contributed by atoms with Crippen LogP contribution in [0.25, 0.3) is 11.8 Å². The smallest absolute Gasteiger partial charge is 0.179 e. The molecule has 0 bridgehead atoms. The van der Waals surface area contributed by atoms with E-state index in [0.717, 1.165) is 42.1 Å². The molecule has 150 valence electrons. The molecule has 2 heterocycles. The summed E-state index contributed by atoms with van der Waals surface area (Å²) in [5, 5.41) is 5.40. The second kappa shape index (κ2) is 6.69. The molecule has 0 unspecified atom stereocenters. The number of ether oxygens (including phenoxy) is 2. The second-order valence-electron chi connectivity index (χ2n) is 8.36. The van der Waals surface area contributed by atoms with Crippen molar-refractivity contribution in [1.29, 1.82) is 0 Å². The molecule has 0 radical (unpaired) electrons. The van der Waals surface area contributed by atoms with Gasteiger partial charge in [-0.15, -0.1) is 13.2 Å². The number of hydrogen-bond donors (Lipinski definition) is 0. The normalized spacial score (nSPS) is 29.8. The Morgan fingerprint density at radius 1 is 1.17 bits per heavy atom. The zero-order chi connectivity index (χ0) is 20.2. The Morgan fingerprint density at radius 2 is 1.86 bits per heavy atom. The molecule has 0 N–H and O–H groups in total. The lowest BCUT2D eigenvalue weighted by Crippen LogP contribution is -2.53. The van der Waals surface area contributed by atoms with Gasteiger partial charge in [0, 0.05) is 16.9 Å². The molecule has 1 aliphatic heterocycles. The van der Waals surface area contributed by atoms with Crippen molar-refractivity contribution in [1.82, 2.24) is 9.78 Å². The Labute approximate surface area is 176 Å². The van der Waals surface area contributed by atoms with E-state index in [9.17, 15) is 0 Å². The number of nitrogens with zero attached hydrogens (tertiary/aromatic N) is 2. The molecule has 3 atom stereocenters. The summed E-state index contributed by atoms with van der Waals surface area (Å²) in [6, 6.07) is 7.78. The third-order valence-corrected chi connectivity index (χ3v) is 7.01. The minimum Gasteiger partial charge on any atom is -0.339 e. The highest BCUT2D eigenvalue weighted by atomic mass is 35.5. The summed E-state index contributed by atoms with van der Waals surface area (Å²) in [6.07, 6.45) is 11.3. The van der Waals surface area contributed by atoms with Gasteiger partial charge in [-0.25, -0.2) is 4.68 Å². The zero-order valence-corrected chi connectivity index (χ0v) is 17.4. The van der Waals surface area contributed by atoms with Crippen molar-refractivity contribution in [3.05, 3.63) is 77.6 Å². The maximum Gasteiger partial charge on any atom is 0.179 e. The van der Waals surface area contributed by atoms with Crippen LogP contribution in [0.15, 0.2) is 61.3 Å². The fraction of sp³-hybridized carbons (Fsp3) is 0.375. The molecule has 1 spiro atoms. The van der Waals surface area contributed by atoms with Gasteiger partial charge in [-0.3, -0.25) is 0 Å². The highest BCUT2D eigenvalue weighted by Crippen LogP contribution is 2.58. The highest BCUT2D eigenvalue weighted by Gasteiger charge is 2.61. The van der Waals surface area contributed by atoms with Crippen molar-refractivity contribution in [2.45, 2.75) is 50.6 Å². The Bertz CT molecular complexity index is 990. The summed E-state index contributed by atoms with van der Waals surface area (Å²) in [7, 11) is 0. The lowest BCUT2D eigenvalue weighted by atomic mass is 9.62. The van der Waals surface area contributed by atoms with Crippen LogP contribution in [0.2, 0.25) is 5.02 Å². The van der Waals surface area contributed by atoms with Crippen molar-refractivity contribution in [3.8, 4) is 5.69 Å². The summed E-state index contributed by atoms with van der Waals surface area (Å²) in [4.78, 5) is 0. The summed E-state index contributed by atoms with van der Waals surface area (Å²) >= 11 is 6.06. The van der Waals surface area contributed by atoms with Crippen LogP contribution in [0.4, 0.5) is 0 Å². The van der Waals surface area contributed by atoms with E-state index >= 15 is 0 Å². The largest absolute Gasteiger partial charge is 0.339 e. The summed E-state index contributed by atoms with van der Waals surface area (Å²) < 4.78 is 15.1. The molecular weight excluding hydrogens is 384 g/mol. The maximum atomic E-state index is 6.54. The first-order valence-electron chi connectivity index (χ1n) is 10.1. The molecule has 2 aromatic rings. The molecule has 1 saturated carbocycles. The number of benzene rings is 1. The van der Waals surface area contributed by atoms with E-state index in [1.54, 1.807) is 0 Å². The molecule has 1 aromatic heterocycles. The fourth-order valence-corrected chi connectivity index (χ4v) is 5.27. The van der Waals surface area contributed by atoms with E-state index in [1.807, 2.05) is 47.3 Å². The van der Waals surface area contributed by atoms with Crippen LogP contribution in [-0.2, 0) is 15.9 Å². The summed E-state index contributed by atoms with van der Waals surface area (Å²) in [5.74, 6) is -0.658. The third-order valence-electron chi connectivity index (χ3n) is 6.76. The number of halogens is 1. The minimum atomic E-state index is -0.658. The Balaban J connectivity index is 1.57. The maximum absolute atomic E-state index is 6.54. The van der Waals surface area contributed by atoms with Gasteiger partial charge in [0.15, 0.2) is 5.79 Å². The Hall–Kier alpha value is -2.14. The van der Waals surface area contributed by atoms with E-state index < -0.39 is 5.79 Å². The lowest BCUT2D eigenvalue weighted by molar-refractivity contribution is -0.243. The molecule has 2 aliphatic carbocycles. The van der Waals surface area contributed by atoms with Crippen molar-refractivity contribution < 1.29 is 9.47 Å². The van der Waals surface area contributed by atoms with Crippen LogP contribution in [0.1, 0.15) is 37.4 Å². The van der Waals surface area contributed by atoms with Gasteiger partial charge in [-0.2, -0.15) is 5.10 Å². The average molecular weight is 409 g/mol. The molecule has 3 aliphatic rings. The van der Waals surface area contributed by atoms with Crippen LogP contribution in [0, 0.1) is 5.41 Å². The van der Waals surface area contributed by atoms with Crippen molar-refractivity contribution in [2.75, 3.05) is 0 Å². The van der Waals surface area contributed by atoms with Crippen molar-refractivity contribution in [3.63, 3.8) is 0 Å². The average Bonchev–Trinajstić information content (AvgIpc) is 3.29. The van der Waals surface area contributed by atoms with Crippen LogP contribution < -0.4 is 0 Å². The first-order valence-corrected chi connectivity index (χ1v) is 10.5. The van der Waals surface area contributed by atoms with Crippen LogP contribution in [-0.4, -0.2) is 27.8 Å². The van der Waals surface area contributed by atoms with E-state index in [2.05, 4.69) is 31.3 Å². The SMILES string of the molecule is C=C[C@H]1OC2(CCCC3=Cc4c(cnn4-c4ccc(Cl)cc4)C[C@@]32C)O[C@@H]1C=C. The van der Waals surface area contributed by atoms with Gasteiger partial charge >= 0.3 is 0 Å². The fourth-order valence-electron chi connectivity index (χ4n) is 5.15. The van der Waals surface area contributed by atoms with Gasteiger partial charge in [-0.05, 0) is 55.2 Å². The van der Waals surface area contributed by atoms with Gasteiger partial charge in [0.1, 0.15) is 12.2 Å². The summed E-state index contributed by atoms with van der Waals surface area (Å²) in [6.45, 7) is 10.1. The Morgan fingerprint density at radius 3 is 2.52 bits per heavy atom. The quantitative estimate of drug-likeness (QED) is 0.628. The molecule has 2 fully saturated rings. The van der Waals surface area contributed by atoms with E-state index in [1.165, 1.54) is 11.1 Å². The molecule has 5 rings (SSSR count). The standard InChI is InChI=1S/C24H25ClN2O2/c1-4-21-22(5-2)29-24(28-21)12-6-7-17-13-20-16(14-23(17,24)3)15-26-27(20)19-10-8-18(25)9-11-19/h4-5,8-11,13,15,21-22H,1-2,6-7,12,14H2,3H3/t21-,22-,23+/m1/s1. The van der Waals surface area contributed by atoms with Crippen molar-refractivity contribution >= 4 is 17.7 Å². The first-order chi connectivity index (χ1) is 14.0. The van der Waals surface area contributed by atoms with E-state index in [4.69, 9.17) is 21.1 Å². The van der Waals surface area contributed by atoms with Gasteiger partial charge in [0.2, 0.25) is 0 Å². The third kappa shape index (κ3) is 2.70. The van der Waals surface area contributed by atoms with Gasteiger partial charge in [0.05, 0.1) is 17.6 Å². The monoisotopic (exact) mass is 408 g/mol. The molecule has 1 saturated heterocycles. The Kier molecular flexibility index (Phi) is 4.35. The van der Waals surface area contributed by atoms with E-state index in [0.29, 0.717) is 0 Å². The van der Waals surface area contributed by atoms with Crippen LogP contribution in [0.5, 0.6) is 0 Å².